The maximum Gasteiger partial charge on any atom is 0.245 e. The number of nitrogens with zero attached hydrogens (tertiary/aromatic N) is 3. The van der Waals surface area contributed by atoms with Gasteiger partial charge in [0.2, 0.25) is 5.95 Å². The second-order valence-corrected chi connectivity index (χ2v) is 4.95. The van der Waals surface area contributed by atoms with Gasteiger partial charge in [0, 0.05) is 11.8 Å². The highest BCUT2D eigenvalue weighted by Gasteiger charge is 2.09. The van der Waals surface area contributed by atoms with Crippen LogP contribution in [0.4, 0.5) is 16.0 Å². The van der Waals surface area contributed by atoms with Crippen LogP contribution in [0.5, 0.6) is 0 Å². The molecule has 0 aliphatic rings. The van der Waals surface area contributed by atoms with Crippen LogP contribution in [-0.2, 0) is 0 Å². The van der Waals surface area contributed by atoms with E-state index in [1.165, 1.54) is 22.7 Å². The molecule has 0 saturated carbocycles. The van der Waals surface area contributed by atoms with E-state index in [2.05, 4.69) is 9.97 Å². The summed E-state index contributed by atoms with van der Waals surface area (Å²) >= 11 is 0. The summed E-state index contributed by atoms with van der Waals surface area (Å²) in [5.41, 5.74) is 3.57. The van der Waals surface area contributed by atoms with Crippen molar-refractivity contribution in [1.29, 1.82) is 0 Å². The van der Waals surface area contributed by atoms with Gasteiger partial charge in [-0.2, -0.15) is 0 Å². The minimum atomic E-state index is -0.313. The van der Waals surface area contributed by atoms with E-state index in [1.807, 2.05) is 37.3 Å². The molecule has 2 N–H and O–H groups in total. The lowest BCUT2D eigenvalue weighted by Crippen LogP contribution is -2.27. The quantitative estimate of drug-likeness (QED) is 0.592. The monoisotopic (exact) mass is 294 g/mol. The van der Waals surface area contributed by atoms with Gasteiger partial charge in [0.05, 0.1) is 11.4 Å². The Bertz CT molecular complexity index is 769. The van der Waals surface area contributed by atoms with Gasteiger partial charge in [0.15, 0.2) is 0 Å². The van der Waals surface area contributed by atoms with Crippen molar-refractivity contribution in [3.63, 3.8) is 0 Å². The Hall–Kier alpha value is -2.79. The van der Waals surface area contributed by atoms with Gasteiger partial charge in [0.1, 0.15) is 5.82 Å². The lowest BCUT2D eigenvalue weighted by atomic mass is 10.1. The summed E-state index contributed by atoms with van der Waals surface area (Å²) in [6.45, 7) is 2.03. The van der Waals surface area contributed by atoms with Gasteiger partial charge in [0.25, 0.3) is 0 Å². The van der Waals surface area contributed by atoms with Gasteiger partial charge in [-0.25, -0.2) is 25.2 Å². The smallest absolute Gasteiger partial charge is 0.245 e. The lowest BCUT2D eigenvalue weighted by molar-refractivity contribution is 0.627. The molecule has 4 nitrogen and oxygen atoms in total. The Morgan fingerprint density at radius 3 is 2.32 bits per heavy atom. The van der Waals surface area contributed by atoms with Crippen molar-refractivity contribution in [3.8, 4) is 11.3 Å². The number of aromatic nitrogens is 2. The fourth-order valence-corrected chi connectivity index (χ4v) is 2.07. The summed E-state index contributed by atoms with van der Waals surface area (Å²) in [5, 5.41) is 1.33. The summed E-state index contributed by atoms with van der Waals surface area (Å²) in [5.74, 6) is 6.06. The highest BCUT2D eigenvalue weighted by molar-refractivity contribution is 5.62. The number of aryl methyl sites for hydroxylation is 1. The second kappa shape index (κ2) is 5.91. The molecule has 1 aromatic heterocycles. The zero-order valence-electron chi connectivity index (χ0n) is 12.1. The third-order valence-corrected chi connectivity index (χ3v) is 3.31. The average Bonchev–Trinajstić information content (AvgIpc) is 2.56. The normalized spacial score (nSPS) is 10.5. The Labute approximate surface area is 128 Å². The van der Waals surface area contributed by atoms with Crippen LogP contribution in [0.15, 0.2) is 60.8 Å². The highest BCUT2D eigenvalue weighted by Crippen LogP contribution is 2.22. The first kappa shape index (κ1) is 14.2. The van der Waals surface area contributed by atoms with Crippen LogP contribution in [0.25, 0.3) is 11.3 Å². The first-order valence-corrected chi connectivity index (χ1v) is 6.84. The van der Waals surface area contributed by atoms with Crippen molar-refractivity contribution in [2.24, 2.45) is 5.84 Å². The van der Waals surface area contributed by atoms with Gasteiger partial charge in [-0.15, -0.1) is 0 Å². The van der Waals surface area contributed by atoms with Crippen molar-refractivity contribution in [2.75, 3.05) is 5.01 Å². The summed E-state index contributed by atoms with van der Waals surface area (Å²) in [6, 6.07) is 15.7. The SMILES string of the molecule is Cc1ccc(-c2ccnc(N(N)c3ccc(F)cc3)n2)cc1. The zero-order valence-corrected chi connectivity index (χ0v) is 12.1. The maximum atomic E-state index is 13.0. The molecule has 0 aliphatic heterocycles. The molecule has 0 radical (unpaired) electrons. The molecule has 1 heterocycles. The van der Waals surface area contributed by atoms with Crippen LogP contribution in [0, 0.1) is 12.7 Å². The van der Waals surface area contributed by atoms with E-state index < -0.39 is 0 Å². The zero-order chi connectivity index (χ0) is 15.5. The molecule has 110 valence electrons. The summed E-state index contributed by atoms with van der Waals surface area (Å²) in [6.07, 6.45) is 1.65. The first-order valence-electron chi connectivity index (χ1n) is 6.84. The van der Waals surface area contributed by atoms with Crippen LogP contribution >= 0.6 is 0 Å². The standard InChI is InChI=1S/C17H15FN4/c1-12-2-4-13(5-3-12)16-10-11-20-17(21-16)22(19)15-8-6-14(18)7-9-15/h2-11H,19H2,1H3. The molecule has 0 saturated heterocycles. The molecule has 3 aromatic rings. The van der Waals surface area contributed by atoms with Gasteiger partial charge in [-0.05, 0) is 37.3 Å². The third-order valence-electron chi connectivity index (χ3n) is 3.31. The fourth-order valence-electron chi connectivity index (χ4n) is 2.07. The average molecular weight is 294 g/mol. The summed E-state index contributed by atoms with van der Waals surface area (Å²) in [7, 11) is 0. The number of anilines is 2. The second-order valence-electron chi connectivity index (χ2n) is 4.95. The number of benzene rings is 2. The number of hydrogen-bond donors (Lipinski definition) is 1. The first-order chi connectivity index (χ1) is 10.6. The number of rotatable bonds is 3. The molecular formula is C17H15FN4. The van der Waals surface area contributed by atoms with Crippen molar-refractivity contribution in [2.45, 2.75) is 6.92 Å². The molecular weight excluding hydrogens is 279 g/mol. The van der Waals surface area contributed by atoms with Gasteiger partial charge < -0.3 is 0 Å². The topological polar surface area (TPSA) is 55.0 Å². The fraction of sp³-hybridized carbons (Fsp3) is 0.0588. The molecule has 0 atom stereocenters. The predicted octanol–water partition coefficient (Wildman–Crippen LogP) is 3.60. The Balaban J connectivity index is 1.93. The number of halogens is 1. The van der Waals surface area contributed by atoms with Crippen molar-refractivity contribution in [1.82, 2.24) is 9.97 Å². The van der Waals surface area contributed by atoms with E-state index >= 15 is 0 Å². The van der Waals surface area contributed by atoms with Crippen molar-refractivity contribution in [3.05, 3.63) is 72.2 Å². The minimum Gasteiger partial charge on any atom is -0.246 e. The van der Waals surface area contributed by atoms with E-state index in [1.54, 1.807) is 18.3 Å². The van der Waals surface area contributed by atoms with Crippen LogP contribution in [0.3, 0.4) is 0 Å². The van der Waals surface area contributed by atoms with E-state index in [9.17, 15) is 4.39 Å². The lowest BCUT2D eigenvalue weighted by Gasteiger charge is -2.16. The molecule has 0 spiro atoms. The van der Waals surface area contributed by atoms with Gasteiger partial charge in [-0.3, -0.25) is 0 Å². The van der Waals surface area contributed by atoms with Crippen LogP contribution in [-0.4, -0.2) is 9.97 Å². The van der Waals surface area contributed by atoms with Crippen LogP contribution in [0.1, 0.15) is 5.56 Å². The molecule has 0 unspecified atom stereocenters. The Kier molecular flexibility index (Phi) is 3.80. The molecule has 22 heavy (non-hydrogen) atoms. The molecule has 3 rings (SSSR count). The van der Waals surface area contributed by atoms with E-state index in [-0.39, 0.29) is 5.82 Å². The molecule has 0 aliphatic carbocycles. The van der Waals surface area contributed by atoms with Crippen LogP contribution < -0.4 is 10.9 Å². The summed E-state index contributed by atoms with van der Waals surface area (Å²) in [4.78, 5) is 8.64. The Morgan fingerprint density at radius 1 is 0.955 bits per heavy atom. The maximum absolute atomic E-state index is 13.0. The van der Waals surface area contributed by atoms with E-state index in [0.717, 1.165) is 11.3 Å². The van der Waals surface area contributed by atoms with Crippen molar-refractivity contribution < 1.29 is 4.39 Å². The highest BCUT2D eigenvalue weighted by atomic mass is 19.1. The minimum absolute atomic E-state index is 0.313. The van der Waals surface area contributed by atoms with Crippen LogP contribution in [0.2, 0.25) is 0 Å². The molecule has 0 fully saturated rings. The number of hydrazine groups is 1. The molecule has 2 aromatic carbocycles. The number of nitrogens with two attached hydrogens (primary N) is 1. The molecule has 0 amide bonds. The predicted molar refractivity (Wildman–Crippen MR) is 84.9 cm³/mol. The number of hydrogen-bond acceptors (Lipinski definition) is 4. The summed E-state index contributed by atoms with van der Waals surface area (Å²) < 4.78 is 13.0. The van der Waals surface area contributed by atoms with Gasteiger partial charge in [-0.1, -0.05) is 29.8 Å². The van der Waals surface area contributed by atoms with E-state index in [0.29, 0.717) is 11.6 Å². The Morgan fingerprint density at radius 2 is 1.64 bits per heavy atom. The third kappa shape index (κ3) is 2.94. The molecule has 0 bridgehead atoms. The van der Waals surface area contributed by atoms with Crippen molar-refractivity contribution >= 4 is 11.6 Å². The molecule has 5 heteroatoms. The van der Waals surface area contributed by atoms with Gasteiger partial charge >= 0.3 is 0 Å². The van der Waals surface area contributed by atoms with E-state index in [4.69, 9.17) is 5.84 Å². The largest absolute Gasteiger partial charge is 0.246 e.